The molecular weight excluding hydrogens is 126 g/mol. The molecule has 0 atom stereocenters. The van der Waals surface area contributed by atoms with E-state index < -0.39 is 0 Å². The van der Waals surface area contributed by atoms with E-state index in [9.17, 15) is 0 Å². The summed E-state index contributed by atoms with van der Waals surface area (Å²) in [7, 11) is 0. The molecule has 0 aromatic heterocycles. The molecule has 10 heavy (non-hydrogen) atoms. The lowest BCUT2D eigenvalue weighted by Gasteiger charge is -2.01. The summed E-state index contributed by atoms with van der Waals surface area (Å²) in [5.41, 5.74) is 5.78. The van der Waals surface area contributed by atoms with Gasteiger partial charge >= 0.3 is 0 Å². The minimum absolute atomic E-state index is 0.475. The molecule has 2 N–H and O–H groups in total. The van der Waals surface area contributed by atoms with Crippen molar-refractivity contribution in [2.45, 2.75) is 6.92 Å². The lowest BCUT2D eigenvalue weighted by Crippen LogP contribution is -1.94. The van der Waals surface area contributed by atoms with Crippen LogP contribution in [-0.2, 0) is 4.74 Å². The molecule has 0 heterocycles. The van der Waals surface area contributed by atoms with Crippen molar-refractivity contribution in [2.24, 2.45) is 5.73 Å². The second-order valence-electron chi connectivity index (χ2n) is 1.76. The van der Waals surface area contributed by atoms with E-state index in [0.717, 1.165) is 0 Å². The van der Waals surface area contributed by atoms with Gasteiger partial charge in [0.1, 0.15) is 5.76 Å². The zero-order valence-corrected chi connectivity index (χ0v) is 6.26. The van der Waals surface area contributed by atoms with E-state index in [4.69, 9.17) is 10.5 Å². The molecule has 0 fully saturated rings. The second-order valence-corrected chi connectivity index (χ2v) is 1.76. The van der Waals surface area contributed by atoms with Gasteiger partial charge in [0, 0.05) is 11.8 Å². The smallest absolute Gasteiger partial charge is 0.120 e. The normalized spacial score (nSPS) is 10.7. The van der Waals surface area contributed by atoms with E-state index in [1.165, 1.54) is 0 Å². The average molecular weight is 139 g/mol. The second kappa shape index (κ2) is 4.68. The molecule has 0 unspecified atom stereocenters. The van der Waals surface area contributed by atoms with Crippen LogP contribution < -0.4 is 5.73 Å². The molecule has 0 aliphatic carbocycles. The maximum Gasteiger partial charge on any atom is 0.120 e. The lowest BCUT2D eigenvalue weighted by molar-refractivity contribution is 0.242. The molecular formula is C8H13NO. The summed E-state index contributed by atoms with van der Waals surface area (Å²) in [5, 5.41) is 0. The van der Waals surface area contributed by atoms with Crippen molar-refractivity contribution in [3.63, 3.8) is 0 Å². The van der Waals surface area contributed by atoms with Gasteiger partial charge in [-0.25, -0.2) is 0 Å². The molecule has 56 valence electrons. The van der Waals surface area contributed by atoms with Gasteiger partial charge in [-0.3, -0.25) is 0 Å². The molecule has 0 aliphatic heterocycles. The highest BCUT2D eigenvalue weighted by molar-refractivity contribution is 5.20. The molecule has 2 heteroatoms. The van der Waals surface area contributed by atoms with Gasteiger partial charge in [0.25, 0.3) is 0 Å². The summed E-state index contributed by atoms with van der Waals surface area (Å²) in [6.45, 7) is 9.56. The summed E-state index contributed by atoms with van der Waals surface area (Å²) < 4.78 is 5.10. The van der Waals surface area contributed by atoms with Crippen LogP contribution in [0.25, 0.3) is 0 Å². The first kappa shape index (κ1) is 8.82. The van der Waals surface area contributed by atoms with Gasteiger partial charge in [-0.15, -0.1) is 0 Å². The Kier molecular flexibility index (Phi) is 4.12. The zero-order chi connectivity index (χ0) is 7.98. The lowest BCUT2D eigenvalue weighted by atomic mass is 10.4. The molecule has 0 rings (SSSR count). The molecule has 0 saturated carbocycles. The number of rotatable bonds is 4. The van der Waals surface area contributed by atoms with Crippen molar-refractivity contribution < 1.29 is 4.74 Å². The minimum atomic E-state index is 0.475. The van der Waals surface area contributed by atoms with Crippen LogP contribution in [-0.4, -0.2) is 6.61 Å². The number of ether oxygens (including phenoxy) is 1. The quantitative estimate of drug-likeness (QED) is 0.474. The van der Waals surface area contributed by atoms with Gasteiger partial charge in [0.15, 0.2) is 0 Å². The standard InChI is InChI=1S/C8H13NO/c1-4-8(10-5-2)6-7(3)9/h4,6H,1,3,5,9H2,2H3/b8-6+. The van der Waals surface area contributed by atoms with Crippen molar-refractivity contribution >= 4 is 0 Å². The summed E-state index contributed by atoms with van der Waals surface area (Å²) in [6, 6.07) is 0. The Morgan fingerprint density at radius 1 is 1.70 bits per heavy atom. The molecule has 0 saturated heterocycles. The van der Waals surface area contributed by atoms with Crippen molar-refractivity contribution in [3.8, 4) is 0 Å². The number of hydrogen-bond donors (Lipinski definition) is 1. The van der Waals surface area contributed by atoms with Crippen LogP contribution in [0.15, 0.2) is 36.8 Å². The third kappa shape index (κ3) is 3.78. The van der Waals surface area contributed by atoms with Crippen LogP contribution in [0.3, 0.4) is 0 Å². The average Bonchev–Trinajstić information content (AvgIpc) is 1.86. The van der Waals surface area contributed by atoms with Crippen molar-refractivity contribution in [3.05, 3.63) is 36.8 Å². The van der Waals surface area contributed by atoms with E-state index in [1.807, 2.05) is 6.92 Å². The summed E-state index contributed by atoms with van der Waals surface area (Å²) in [4.78, 5) is 0. The van der Waals surface area contributed by atoms with Crippen LogP contribution in [0.1, 0.15) is 6.92 Å². The van der Waals surface area contributed by atoms with Gasteiger partial charge in [0.2, 0.25) is 0 Å². The van der Waals surface area contributed by atoms with Gasteiger partial charge in [-0.1, -0.05) is 13.2 Å². The van der Waals surface area contributed by atoms with Crippen LogP contribution in [0, 0.1) is 0 Å². The first-order valence-electron chi connectivity index (χ1n) is 3.12. The van der Waals surface area contributed by atoms with Gasteiger partial charge in [-0.05, 0) is 13.0 Å². The maximum atomic E-state index is 5.30. The fourth-order valence-electron chi connectivity index (χ4n) is 0.509. The minimum Gasteiger partial charge on any atom is -0.494 e. The Bertz CT molecular complexity index is 159. The fraction of sp³-hybridized carbons (Fsp3) is 0.250. The first-order valence-corrected chi connectivity index (χ1v) is 3.12. The van der Waals surface area contributed by atoms with Gasteiger partial charge in [-0.2, -0.15) is 0 Å². The third-order valence-electron chi connectivity index (χ3n) is 0.840. The Labute approximate surface area is 61.7 Å². The van der Waals surface area contributed by atoms with E-state index in [1.54, 1.807) is 12.2 Å². The number of allylic oxidation sites excluding steroid dienone is 2. The Hall–Kier alpha value is -1.18. The molecule has 0 bridgehead atoms. The van der Waals surface area contributed by atoms with Gasteiger partial charge in [0.05, 0.1) is 6.61 Å². The highest BCUT2D eigenvalue weighted by atomic mass is 16.5. The number of nitrogens with two attached hydrogens (primary N) is 1. The molecule has 0 amide bonds. The molecule has 0 aromatic carbocycles. The maximum absolute atomic E-state index is 5.30. The third-order valence-corrected chi connectivity index (χ3v) is 0.840. The first-order chi connectivity index (χ1) is 4.70. The fourth-order valence-corrected chi connectivity index (χ4v) is 0.509. The van der Waals surface area contributed by atoms with Crippen LogP contribution >= 0.6 is 0 Å². The van der Waals surface area contributed by atoms with Crippen molar-refractivity contribution in [1.82, 2.24) is 0 Å². The SMILES string of the molecule is C=C/C(=C\C(=C)N)OCC. The Balaban J connectivity index is 4.03. The molecule has 0 radical (unpaired) electrons. The highest BCUT2D eigenvalue weighted by Gasteiger charge is 1.87. The summed E-state index contributed by atoms with van der Waals surface area (Å²) in [6.07, 6.45) is 3.23. The van der Waals surface area contributed by atoms with Crippen molar-refractivity contribution in [2.75, 3.05) is 6.61 Å². The Morgan fingerprint density at radius 2 is 2.30 bits per heavy atom. The predicted octanol–water partition coefficient (Wildman–Crippen LogP) is 1.57. The van der Waals surface area contributed by atoms with Gasteiger partial charge < -0.3 is 10.5 Å². The highest BCUT2D eigenvalue weighted by Crippen LogP contribution is 1.99. The van der Waals surface area contributed by atoms with E-state index in [-0.39, 0.29) is 0 Å². The summed E-state index contributed by atoms with van der Waals surface area (Å²) >= 11 is 0. The van der Waals surface area contributed by atoms with E-state index in [2.05, 4.69) is 13.2 Å². The molecule has 0 aliphatic rings. The number of hydrogen-bond acceptors (Lipinski definition) is 2. The van der Waals surface area contributed by atoms with Crippen LogP contribution in [0.4, 0.5) is 0 Å². The Morgan fingerprint density at radius 3 is 2.60 bits per heavy atom. The molecule has 2 nitrogen and oxygen atoms in total. The zero-order valence-electron chi connectivity index (χ0n) is 6.26. The van der Waals surface area contributed by atoms with E-state index in [0.29, 0.717) is 18.1 Å². The monoisotopic (exact) mass is 139 g/mol. The van der Waals surface area contributed by atoms with E-state index >= 15 is 0 Å². The van der Waals surface area contributed by atoms with Crippen LogP contribution in [0.2, 0.25) is 0 Å². The van der Waals surface area contributed by atoms with Crippen molar-refractivity contribution in [1.29, 1.82) is 0 Å². The topological polar surface area (TPSA) is 35.2 Å². The molecule has 0 aromatic rings. The molecule has 0 spiro atoms. The predicted molar refractivity (Wildman–Crippen MR) is 43.2 cm³/mol. The summed E-state index contributed by atoms with van der Waals surface area (Å²) in [5.74, 6) is 0.662. The largest absolute Gasteiger partial charge is 0.494 e. The van der Waals surface area contributed by atoms with Crippen LogP contribution in [0.5, 0.6) is 0 Å².